The van der Waals surface area contributed by atoms with Gasteiger partial charge in [-0.25, -0.2) is 29.3 Å². The Bertz CT molecular complexity index is 3750. The van der Waals surface area contributed by atoms with E-state index in [2.05, 4.69) is 67.3 Å². The molecule has 0 radical (unpaired) electrons. The van der Waals surface area contributed by atoms with E-state index in [4.69, 9.17) is 9.97 Å². The molecular formula is C60H71N9O6. The van der Waals surface area contributed by atoms with Crippen molar-refractivity contribution in [2.24, 2.45) is 43.3 Å². The Morgan fingerprint density at radius 1 is 0.533 bits per heavy atom. The van der Waals surface area contributed by atoms with Crippen LogP contribution in [-0.4, -0.2) is 58.9 Å². The van der Waals surface area contributed by atoms with Crippen LogP contribution in [0.4, 0.5) is 0 Å². The maximum Gasteiger partial charge on any atom is 0.330 e. The summed E-state index contributed by atoms with van der Waals surface area (Å²) in [7, 11) is 5.26. The molecule has 1 saturated carbocycles. The molecule has 0 saturated heterocycles. The zero-order chi connectivity index (χ0) is 54.3. The molecule has 6 heterocycles. The number of aliphatic hydroxyl groups is 2. The van der Waals surface area contributed by atoms with Crippen molar-refractivity contribution in [3.05, 3.63) is 157 Å². The monoisotopic (exact) mass is 1010 g/mol. The summed E-state index contributed by atoms with van der Waals surface area (Å²) in [5, 5.41) is 19.7. The molecule has 2 N–H and O–H groups in total. The lowest BCUT2D eigenvalue weighted by Gasteiger charge is -2.18. The number of hydrogen-bond donors (Lipinski definition) is 2. The minimum absolute atomic E-state index is 0.00344. The molecule has 1 fully saturated rings. The van der Waals surface area contributed by atoms with Crippen LogP contribution >= 0.6 is 0 Å². The first kappa shape index (κ1) is 53.8. The highest BCUT2D eigenvalue weighted by Crippen LogP contribution is 2.41. The fourth-order valence-corrected chi connectivity index (χ4v) is 9.35. The van der Waals surface area contributed by atoms with E-state index in [1.54, 1.807) is 60.7 Å². The van der Waals surface area contributed by atoms with Crippen LogP contribution < -0.4 is 17.1 Å². The molecule has 0 amide bonds. The molecule has 75 heavy (non-hydrogen) atoms. The maximum atomic E-state index is 12.7. The number of aromatic nitrogens is 9. The van der Waals surface area contributed by atoms with Crippen LogP contribution in [0, 0.1) is 22.2 Å². The lowest BCUT2D eigenvalue weighted by Crippen LogP contribution is -2.27. The fourth-order valence-electron chi connectivity index (χ4n) is 9.35. The average molecular weight is 1010 g/mol. The number of fused-ring (bicyclic) bond motifs is 3. The second-order valence-electron chi connectivity index (χ2n) is 23.6. The first-order valence-electron chi connectivity index (χ1n) is 25.6. The van der Waals surface area contributed by atoms with Gasteiger partial charge in [-0.05, 0) is 101 Å². The minimum Gasteiger partial charge on any atom is -0.392 e. The summed E-state index contributed by atoms with van der Waals surface area (Å²) in [6, 6.07) is 34.5. The number of imidazole rings is 3. The van der Waals surface area contributed by atoms with Crippen LogP contribution in [0.5, 0.6) is 0 Å². The van der Waals surface area contributed by atoms with Gasteiger partial charge < -0.3 is 10.2 Å². The van der Waals surface area contributed by atoms with Gasteiger partial charge in [-0.2, -0.15) is 0 Å². The number of pyridine rings is 3. The van der Waals surface area contributed by atoms with E-state index >= 15 is 0 Å². The van der Waals surface area contributed by atoms with Crippen LogP contribution in [0.1, 0.15) is 103 Å². The summed E-state index contributed by atoms with van der Waals surface area (Å²) in [6.07, 6.45) is 2.61. The highest BCUT2D eigenvalue weighted by Gasteiger charge is 2.31. The highest BCUT2D eigenvalue weighted by atomic mass is 16.3. The number of benzene rings is 3. The van der Waals surface area contributed by atoms with E-state index in [1.165, 1.54) is 0 Å². The second kappa shape index (κ2) is 21.0. The zero-order valence-electron chi connectivity index (χ0n) is 45.4. The first-order valence-corrected chi connectivity index (χ1v) is 25.6. The van der Waals surface area contributed by atoms with Crippen LogP contribution in [0.25, 0.3) is 67.3 Å². The van der Waals surface area contributed by atoms with Gasteiger partial charge in [0.1, 0.15) is 6.29 Å². The molecule has 1 atom stereocenters. The number of nitrogens with zero attached hydrogens (tertiary/aromatic N) is 9. The van der Waals surface area contributed by atoms with Crippen molar-refractivity contribution in [1.29, 1.82) is 0 Å². The Kier molecular flexibility index (Phi) is 15.1. The van der Waals surface area contributed by atoms with Gasteiger partial charge in [0.25, 0.3) is 0 Å². The smallest absolute Gasteiger partial charge is 0.330 e. The van der Waals surface area contributed by atoms with E-state index < -0.39 is 6.10 Å². The SMILES string of the molecule is Cn1c(=O)n(CC(C)(C)C)c2ccc(-c3cccc(C(O)C4CC4)c3)nc21.Cn1c(=O)n(CC(C)(C)C)c2ccc(-c3cccc(C=O)c3)nc21.Cn1c(=O)n(CC(C)(C)C)c2ccc(-c3cccc(CO)c3)nc21. The quantitative estimate of drug-likeness (QED) is 0.126. The molecule has 0 bridgehead atoms. The molecule has 0 spiro atoms. The number of aldehydes is 1. The molecule has 6 aromatic heterocycles. The third-order valence-corrected chi connectivity index (χ3v) is 13.2. The van der Waals surface area contributed by atoms with Crippen molar-refractivity contribution in [3.8, 4) is 33.8 Å². The van der Waals surface area contributed by atoms with Crippen LogP contribution in [-0.2, 0) is 47.4 Å². The normalized spacial score (nSPS) is 13.4. The van der Waals surface area contributed by atoms with Crippen molar-refractivity contribution < 1.29 is 15.0 Å². The molecule has 1 aliphatic carbocycles. The van der Waals surface area contributed by atoms with Gasteiger partial charge in [0, 0.05) is 63.0 Å². The van der Waals surface area contributed by atoms with Crippen LogP contribution in [0.15, 0.2) is 124 Å². The maximum absolute atomic E-state index is 12.7. The van der Waals surface area contributed by atoms with E-state index in [9.17, 15) is 29.4 Å². The molecule has 1 unspecified atom stereocenters. The van der Waals surface area contributed by atoms with E-state index in [-0.39, 0.29) is 39.9 Å². The highest BCUT2D eigenvalue weighted by molar-refractivity contribution is 5.81. The molecule has 15 nitrogen and oxygen atoms in total. The van der Waals surface area contributed by atoms with Gasteiger partial charge in [0.15, 0.2) is 16.9 Å². The van der Waals surface area contributed by atoms with Gasteiger partial charge in [0.2, 0.25) is 0 Å². The van der Waals surface area contributed by atoms with Crippen molar-refractivity contribution in [1.82, 2.24) is 42.4 Å². The lowest BCUT2D eigenvalue weighted by molar-refractivity contribution is 0.112. The molecular weight excluding hydrogens is 943 g/mol. The summed E-state index contributed by atoms with van der Waals surface area (Å²) in [6.45, 7) is 20.9. The van der Waals surface area contributed by atoms with Gasteiger partial charge in [-0.1, -0.05) is 117 Å². The largest absolute Gasteiger partial charge is 0.392 e. The fraction of sp³-hybridized carbons (Fsp3) is 0.383. The van der Waals surface area contributed by atoms with Crippen molar-refractivity contribution in [3.63, 3.8) is 0 Å². The van der Waals surface area contributed by atoms with E-state index in [0.717, 1.165) is 80.6 Å². The van der Waals surface area contributed by atoms with E-state index in [1.807, 2.05) is 97.1 Å². The Labute approximate surface area is 437 Å². The summed E-state index contributed by atoms with van der Waals surface area (Å²) < 4.78 is 10.2. The molecule has 392 valence electrons. The average Bonchev–Trinajstić information content (AvgIpc) is 4.14. The Morgan fingerprint density at radius 3 is 1.28 bits per heavy atom. The van der Waals surface area contributed by atoms with Gasteiger partial charge in [-0.15, -0.1) is 0 Å². The Morgan fingerprint density at radius 2 is 0.907 bits per heavy atom. The third kappa shape index (κ3) is 12.1. The lowest BCUT2D eigenvalue weighted by atomic mass is 9.97. The molecule has 1 aliphatic rings. The van der Waals surface area contributed by atoms with E-state index in [0.29, 0.717) is 48.1 Å². The molecule has 3 aromatic carbocycles. The minimum atomic E-state index is -0.397. The van der Waals surface area contributed by atoms with Gasteiger partial charge >= 0.3 is 17.1 Å². The summed E-state index contributed by atoms with van der Waals surface area (Å²) in [5.41, 5.74) is 11.9. The van der Waals surface area contributed by atoms with Crippen molar-refractivity contribution in [2.75, 3.05) is 0 Å². The number of carbonyl (C=O) groups is 1. The summed E-state index contributed by atoms with van der Waals surface area (Å²) in [4.78, 5) is 62.9. The van der Waals surface area contributed by atoms with Gasteiger partial charge in [0.05, 0.1) is 46.3 Å². The zero-order valence-corrected chi connectivity index (χ0v) is 45.4. The van der Waals surface area contributed by atoms with Crippen molar-refractivity contribution >= 4 is 39.8 Å². The standard InChI is InChI=1S/C22H27N3O2.C19H23N3O2.C19H21N3O2/c1-22(2,3)13-25-18-11-10-17(23-20(18)24(4)21(25)27)15-6-5-7-16(12-15)19(26)14-8-9-14;2*1-19(2,3)12-22-16-9-8-15(20-17(16)21(4)18(22)24)14-7-5-6-13(10-14)11-23/h5-7,10-12,14,19,26H,8-9,13H2,1-4H3;5-10,23H,11-12H2,1-4H3;5-11H,12H2,1-4H3. The number of aliphatic hydroxyl groups excluding tert-OH is 2. The number of aryl methyl sites for hydroxylation is 3. The van der Waals surface area contributed by atoms with Crippen LogP contribution in [0.2, 0.25) is 0 Å². The number of rotatable bonds is 10. The predicted molar refractivity (Wildman–Crippen MR) is 299 cm³/mol. The number of carbonyl (C=O) groups excluding carboxylic acids is 1. The number of hydrogen-bond acceptors (Lipinski definition) is 9. The predicted octanol–water partition coefficient (Wildman–Crippen LogP) is 10.1. The van der Waals surface area contributed by atoms with Gasteiger partial charge in [-0.3, -0.25) is 32.2 Å². The summed E-state index contributed by atoms with van der Waals surface area (Å²) >= 11 is 0. The first-order chi connectivity index (χ1) is 35.3. The summed E-state index contributed by atoms with van der Waals surface area (Å²) in [5.74, 6) is 0.392. The second-order valence-corrected chi connectivity index (χ2v) is 23.6. The third-order valence-electron chi connectivity index (χ3n) is 13.2. The Hall–Kier alpha value is -7.49. The molecule has 9 aromatic rings. The Balaban J connectivity index is 0.000000150. The van der Waals surface area contributed by atoms with Crippen molar-refractivity contribution in [2.45, 2.75) is 108 Å². The molecule has 10 rings (SSSR count). The topological polar surface area (TPSA) is 177 Å². The van der Waals surface area contributed by atoms with Crippen LogP contribution in [0.3, 0.4) is 0 Å². The molecule has 15 heteroatoms. The molecule has 0 aliphatic heterocycles.